The molecule has 0 aliphatic heterocycles. The Labute approximate surface area is 98.0 Å². The van der Waals surface area contributed by atoms with Crippen LogP contribution in [0.4, 0.5) is 0 Å². The third-order valence-electron chi connectivity index (χ3n) is 3.43. The van der Waals surface area contributed by atoms with Gasteiger partial charge in [-0.2, -0.15) is 0 Å². The van der Waals surface area contributed by atoms with Crippen molar-refractivity contribution in [2.45, 2.75) is 32.7 Å². The van der Waals surface area contributed by atoms with E-state index >= 15 is 0 Å². The van der Waals surface area contributed by atoms with Crippen LogP contribution in [0.1, 0.15) is 35.6 Å². The van der Waals surface area contributed by atoms with Crippen LogP contribution in [-0.4, -0.2) is 14.2 Å². The lowest BCUT2D eigenvalue weighted by Gasteiger charge is -2.22. The first-order chi connectivity index (χ1) is 7.67. The second kappa shape index (κ2) is 4.46. The third-order valence-corrected chi connectivity index (χ3v) is 3.43. The lowest BCUT2D eigenvalue weighted by atomic mass is 9.95. The molecule has 0 aromatic heterocycles. The molecular formula is C14H21NO. The molecule has 2 heteroatoms. The van der Waals surface area contributed by atoms with Crippen LogP contribution >= 0.6 is 0 Å². The summed E-state index contributed by atoms with van der Waals surface area (Å²) in [5.74, 6) is 1.82. The van der Waals surface area contributed by atoms with E-state index in [0.717, 1.165) is 11.7 Å². The maximum atomic E-state index is 5.53. The van der Waals surface area contributed by atoms with Gasteiger partial charge in [-0.05, 0) is 56.8 Å². The molecule has 0 radical (unpaired) electrons. The Bertz CT molecular complexity index is 383. The van der Waals surface area contributed by atoms with E-state index in [0.29, 0.717) is 6.04 Å². The van der Waals surface area contributed by atoms with Gasteiger partial charge >= 0.3 is 0 Å². The van der Waals surface area contributed by atoms with Crippen LogP contribution < -0.4 is 10.1 Å². The summed E-state index contributed by atoms with van der Waals surface area (Å²) >= 11 is 0. The normalized spacial score (nSPS) is 17.2. The van der Waals surface area contributed by atoms with Gasteiger partial charge in [-0.1, -0.05) is 6.07 Å². The first-order valence-electron chi connectivity index (χ1n) is 5.99. The van der Waals surface area contributed by atoms with Crippen LogP contribution in [0.25, 0.3) is 0 Å². The van der Waals surface area contributed by atoms with Gasteiger partial charge < -0.3 is 10.1 Å². The number of rotatable bonds is 4. The van der Waals surface area contributed by atoms with Crippen LogP contribution in [0.15, 0.2) is 12.1 Å². The lowest BCUT2D eigenvalue weighted by molar-refractivity contribution is 0.395. The molecule has 1 saturated carbocycles. The van der Waals surface area contributed by atoms with E-state index in [2.05, 4.69) is 31.3 Å². The SMILES string of the molecule is CNC(c1c(C)cc(C)cc1OC)C1CC1. The maximum absolute atomic E-state index is 5.53. The molecule has 1 atom stereocenters. The smallest absolute Gasteiger partial charge is 0.124 e. The fourth-order valence-corrected chi connectivity index (χ4v) is 2.55. The fraction of sp³-hybridized carbons (Fsp3) is 0.571. The largest absolute Gasteiger partial charge is 0.496 e. The van der Waals surface area contributed by atoms with Crippen molar-refractivity contribution in [1.82, 2.24) is 5.32 Å². The number of aryl methyl sites for hydroxylation is 2. The van der Waals surface area contributed by atoms with Crippen LogP contribution in [0.3, 0.4) is 0 Å². The molecule has 1 unspecified atom stereocenters. The van der Waals surface area contributed by atoms with Crippen molar-refractivity contribution in [1.29, 1.82) is 0 Å². The predicted octanol–water partition coefficient (Wildman–Crippen LogP) is 2.98. The monoisotopic (exact) mass is 219 g/mol. The van der Waals surface area contributed by atoms with E-state index in [-0.39, 0.29) is 0 Å². The highest BCUT2D eigenvalue weighted by atomic mass is 16.5. The van der Waals surface area contributed by atoms with Gasteiger partial charge in [0.2, 0.25) is 0 Å². The van der Waals surface area contributed by atoms with E-state index in [9.17, 15) is 0 Å². The van der Waals surface area contributed by atoms with Gasteiger partial charge in [-0.25, -0.2) is 0 Å². The molecule has 1 aromatic rings. The highest BCUT2D eigenvalue weighted by molar-refractivity contribution is 5.45. The summed E-state index contributed by atoms with van der Waals surface area (Å²) in [5.41, 5.74) is 3.95. The summed E-state index contributed by atoms with van der Waals surface area (Å²) in [4.78, 5) is 0. The van der Waals surface area contributed by atoms with Crippen LogP contribution in [0.2, 0.25) is 0 Å². The minimum absolute atomic E-state index is 0.454. The summed E-state index contributed by atoms with van der Waals surface area (Å²) in [6.45, 7) is 4.29. The quantitative estimate of drug-likeness (QED) is 0.840. The first kappa shape index (κ1) is 11.5. The zero-order valence-electron chi connectivity index (χ0n) is 10.6. The first-order valence-corrected chi connectivity index (χ1v) is 5.99. The zero-order valence-corrected chi connectivity index (χ0v) is 10.6. The molecule has 88 valence electrons. The Balaban J connectivity index is 2.43. The van der Waals surface area contributed by atoms with Crippen molar-refractivity contribution in [2.75, 3.05) is 14.2 Å². The van der Waals surface area contributed by atoms with E-state index in [1.165, 1.54) is 29.5 Å². The Morgan fingerprint density at radius 1 is 1.31 bits per heavy atom. The molecule has 0 amide bonds. The molecule has 0 bridgehead atoms. The molecule has 16 heavy (non-hydrogen) atoms. The second-order valence-corrected chi connectivity index (χ2v) is 4.80. The van der Waals surface area contributed by atoms with Crippen molar-refractivity contribution < 1.29 is 4.74 Å². The summed E-state index contributed by atoms with van der Waals surface area (Å²) < 4.78 is 5.53. The minimum atomic E-state index is 0.454. The van der Waals surface area contributed by atoms with Crippen molar-refractivity contribution in [2.24, 2.45) is 5.92 Å². The number of hydrogen-bond donors (Lipinski definition) is 1. The molecule has 1 N–H and O–H groups in total. The predicted molar refractivity (Wildman–Crippen MR) is 67.0 cm³/mol. The van der Waals surface area contributed by atoms with E-state index in [1.54, 1.807) is 7.11 Å². The Hall–Kier alpha value is -1.02. The summed E-state index contributed by atoms with van der Waals surface area (Å²) in [7, 11) is 3.80. The summed E-state index contributed by atoms with van der Waals surface area (Å²) in [5, 5.41) is 3.44. The van der Waals surface area contributed by atoms with Gasteiger partial charge in [-0.3, -0.25) is 0 Å². The zero-order chi connectivity index (χ0) is 11.7. The van der Waals surface area contributed by atoms with E-state index in [4.69, 9.17) is 4.74 Å². The Morgan fingerprint density at radius 2 is 2.00 bits per heavy atom. The lowest BCUT2D eigenvalue weighted by Crippen LogP contribution is -2.20. The second-order valence-electron chi connectivity index (χ2n) is 4.80. The van der Waals surface area contributed by atoms with Crippen LogP contribution in [0, 0.1) is 19.8 Å². The van der Waals surface area contributed by atoms with Gasteiger partial charge in [0.15, 0.2) is 0 Å². The maximum Gasteiger partial charge on any atom is 0.124 e. The van der Waals surface area contributed by atoms with Crippen molar-refractivity contribution in [3.8, 4) is 5.75 Å². The molecule has 0 saturated heterocycles. The standard InChI is InChI=1S/C14H21NO/c1-9-7-10(2)13(12(8-9)16-4)14(15-3)11-5-6-11/h7-8,11,14-15H,5-6H2,1-4H3. The minimum Gasteiger partial charge on any atom is -0.496 e. The highest BCUT2D eigenvalue weighted by Crippen LogP contribution is 2.44. The number of methoxy groups -OCH3 is 1. The average Bonchev–Trinajstić information content (AvgIpc) is 3.05. The van der Waals surface area contributed by atoms with Crippen LogP contribution in [0.5, 0.6) is 5.75 Å². The molecule has 2 rings (SSSR count). The van der Waals surface area contributed by atoms with E-state index < -0.39 is 0 Å². The molecule has 1 aliphatic carbocycles. The molecule has 1 fully saturated rings. The van der Waals surface area contributed by atoms with Crippen molar-refractivity contribution >= 4 is 0 Å². The summed E-state index contributed by atoms with van der Waals surface area (Å²) in [6.07, 6.45) is 2.67. The molecule has 0 heterocycles. The Kier molecular flexibility index (Phi) is 3.20. The number of benzene rings is 1. The van der Waals surface area contributed by atoms with Gasteiger partial charge in [0.1, 0.15) is 5.75 Å². The van der Waals surface area contributed by atoms with E-state index in [1.807, 2.05) is 7.05 Å². The Morgan fingerprint density at radius 3 is 2.50 bits per heavy atom. The molecule has 0 spiro atoms. The number of hydrogen-bond acceptors (Lipinski definition) is 2. The molecule has 1 aromatic carbocycles. The van der Waals surface area contributed by atoms with Crippen molar-refractivity contribution in [3.05, 3.63) is 28.8 Å². The summed E-state index contributed by atoms with van der Waals surface area (Å²) in [6, 6.07) is 4.83. The number of nitrogens with one attached hydrogen (secondary N) is 1. The van der Waals surface area contributed by atoms with Gasteiger partial charge in [0.25, 0.3) is 0 Å². The van der Waals surface area contributed by atoms with Crippen LogP contribution in [-0.2, 0) is 0 Å². The van der Waals surface area contributed by atoms with Gasteiger partial charge in [-0.15, -0.1) is 0 Å². The average molecular weight is 219 g/mol. The highest BCUT2D eigenvalue weighted by Gasteiger charge is 2.33. The fourth-order valence-electron chi connectivity index (χ4n) is 2.55. The molecule has 2 nitrogen and oxygen atoms in total. The third kappa shape index (κ3) is 2.07. The van der Waals surface area contributed by atoms with Gasteiger partial charge in [0, 0.05) is 11.6 Å². The molecular weight excluding hydrogens is 198 g/mol. The number of ether oxygens (including phenoxy) is 1. The molecule has 1 aliphatic rings. The topological polar surface area (TPSA) is 21.3 Å². The van der Waals surface area contributed by atoms with Gasteiger partial charge in [0.05, 0.1) is 7.11 Å². The van der Waals surface area contributed by atoms with Crippen molar-refractivity contribution in [3.63, 3.8) is 0 Å².